The SMILES string of the molecule is CCOc1cc(C2c3ccc4ncccc4c3Nc3c2[nH]c(=O)[nH]c3=O)ccc1O. The standard InChI is InChI=1S/C22H18N4O4/c1-2-30-16-10-11(5-8-15(16)27)17-13-6-7-14-12(4-3-9-23-14)18(13)24-20-19(17)25-22(29)26-21(20)28/h3-10,17,24,27H,2H2,1H3,(H2,25,26,28,29). The highest BCUT2D eigenvalue weighted by Gasteiger charge is 2.31. The van der Waals surface area contributed by atoms with Gasteiger partial charge in [-0.3, -0.25) is 14.8 Å². The number of hydrogen-bond donors (Lipinski definition) is 4. The third kappa shape index (κ3) is 2.73. The summed E-state index contributed by atoms with van der Waals surface area (Å²) in [6.45, 7) is 2.22. The number of ether oxygens (including phenoxy) is 1. The molecule has 4 aromatic rings. The van der Waals surface area contributed by atoms with Crippen molar-refractivity contribution in [2.75, 3.05) is 11.9 Å². The van der Waals surface area contributed by atoms with Crippen LogP contribution in [0.2, 0.25) is 0 Å². The summed E-state index contributed by atoms with van der Waals surface area (Å²) in [4.78, 5) is 34.1. The molecule has 4 N–H and O–H groups in total. The molecule has 5 rings (SSSR count). The summed E-state index contributed by atoms with van der Waals surface area (Å²) in [5.41, 5.74) is 2.81. The first-order chi connectivity index (χ1) is 14.6. The average molecular weight is 402 g/mol. The van der Waals surface area contributed by atoms with Crippen molar-refractivity contribution in [3.05, 3.63) is 86.3 Å². The lowest BCUT2D eigenvalue weighted by molar-refractivity contribution is 0.317. The molecule has 8 heteroatoms. The molecule has 0 spiro atoms. The van der Waals surface area contributed by atoms with Gasteiger partial charge in [0.2, 0.25) is 0 Å². The van der Waals surface area contributed by atoms with E-state index in [1.165, 1.54) is 0 Å². The lowest BCUT2D eigenvalue weighted by Crippen LogP contribution is -2.31. The van der Waals surface area contributed by atoms with E-state index in [0.29, 0.717) is 18.1 Å². The zero-order valence-electron chi connectivity index (χ0n) is 16.0. The number of H-pyrrole nitrogens is 2. The molecule has 0 saturated heterocycles. The van der Waals surface area contributed by atoms with Gasteiger partial charge in [-0.05, 0) is 48.4 Å². The summed E-state index contributed by atoms with van der Waals surface area (Å²) >= 11 is 0. The second kappa shape index (κ2) is 6.77. The van der Waals surface area contributed by atoms with E-state index < -0.39 is 17.2 Å². The second-order valence-electron chi connectivity index (χ2n) is 7.01. The Kier molecular flexibility index (Phi) is 4.06. The Bertz CT molecular complexity index is 1410. The summed E-state index contributed by atoms with van der Waals surface area (Å²) in [6.07, 6.45) is 1.71. The molecule has 0 radical (unpaired) electrons. The van der Waals surface area contributed by atoms with Crippen LogP contribution in [-0.4, -0.2) is 26.7 Å². The number of nitrogens with one attached hydrogen (secondary N) is 3. The molecule has 2 aromatic heterocycles. The monoisotopic (exact) mass is 402 g/mol. The number of anilines is 2. The van der Waals surface area contributed by atoms with Gasteiger partial charge in [0.05, 0.1) is 29.4 Å². The predicted molar refractivity (Wildman–Crippen MR) is 113 cm³/mol. The van der Waals surface area contributed by atoms with E-state index in [2.05, 4.69) is 20.3 Å². The van der Waals surface area contributed by atoms with E-state index in [1.54, 1.807) is 24.4 Å². The molecular weight excluding hydrogens is 384 g/mol. The van der Waals surface area contributed by atoms with Crippen LogP contribution < -0.4 is 21.3 Å². The maximum absolute atomic E-state index is 12.6. The summed E-state index contributed by atoms with van der Waals surface area (Å²) in [5, 5.41) is 14.2. The lowest BCUT2D eigenvalue weighted by atomic mass is 9.83. The molecule has 0 bridgehead atoms. The molecule has 0 saturated carbocycles. The minimum absolute atomic E-state index is 0.0251. The summed E-state index contributed by atoms with van der Waals surface area (Å²) in [6, 6.07) is 12.6. The molecule has 2 aromatic carbocycles. The number of benzene rings is 2. The largest absolute Gasteiger partial charge is 0.504 e. The van der Waals surface area contributed by atoms with Crippen LogP contribution in [0.4, 0.5) is 11.4 Å². The van der Waals surface area contributed by atoms with Gasteiger partial charge < -0.3 is 20.1 Å². The van der Waals surface area contributed by atoms with E-state index in [4.69, 9.17) is 4.74 Å². The quantitative estimate of drug-likeness (QED) is 0.368. The van der Waals surface area contributed by atoms with Crippen molar-refractivity contribution >= 4 is 22.3 Å². The number of aromatic amines is 2. The first kappa shape index (κ1) is 18.0. The number of nitrogens with zero attached hydrogens (tertiary/aromatic N) is 1. The third-order valence-corrected chi connectivity index (χ3v) is 5.26. The molecule has 150 valence electrons. The van der Waals surface area contributed by atoms with Crippen LogP contribution in [0.25, 0.3) is 10.9 Å². The Labute approximate surface area is 170 Å². The normalized spacial score (nSPS) is 14.6. The van der Waals surface area contributed by atoms with Gasteiger partial charge in [0.1, 0.15) is 5.69 Å². The Morgan fingerprint density at radius 3 is 2.80 bits per heavy atom. The number of aromatic hydroxyl groups is 1. The van der Waals surface area contributed by atoms with Gasteiger partial charge in [0.25, 0.3) is 5.56 Å². The number of fused-ring (bicyclic) bond motifs is 4. The van der Waals surface area contributed by atoms with Gasteiger partial charge in [-0.25, -0.2) is 4.79 Å². The Morgan fingerprint density at radius 2 is 1.97 bits per heavy atom. The molecule has 0 amide bonds. The Hall–Kier alpha value is -4.07. The van der Waals surface area contributed by atoms with E-state index in [0.717, 1.165) is 27.7 Å². The van der Waals surface area contributed by atoms with Crippen molar-refractivity contribution in [3.8, 4) is 11.5 Å². The molecule has 1 aliphatic heterocycles. The number of hydrogen-bond acceptors (Lipinski definition) is 6. The lowest BCUT2D eigenvalue weighted by Gasteiger charge is -2.29. The fraction of sp³-hybridized carbons (Fsp3) is 0.136. The summed E-state index contributed by atoms with van der Waals surface area (Å²) < 4.78 is 5.55. The van der Waals surface area contributed by atoms with Gasteiger partial charge in [-0.2, -0.15) is 0 Å². The van der Waals surface area contributed by atoms with E-state index >= 15 is 0 Å². The highest BCUT2D eigenvalue weighted by Crippen LogP contribution is 2.46. The summed E-state index contributed by atoms with van der Waals surface area (Å²) in [7, 11) is 0. The highest BCUT2D eigenvalue weighted by atomic mass is 16.5. The van der Waals surface area contributed by atoms with Gasteiger partial charge >= 0.3 is 5.69 Å². The number of pyridine rings is 1. The Morgan fingerprint density at radius 1 is 1.10 bits per heavy atom. The molecule has 1 aliphatic rings. The van der Waals surface area contributed by atoms with Crippen molar-refractivity contribution in [3.63, 3.8) is 0 Å². The molecule has 30 heavy (non-hydrogen) atoms. The fourth-order valence-corrected chi connectivity index (χ4v) is 4.00. The van der Waals surface area contributed by atoms with Gasteiger partial charge in [-0.1, -0.05) is 12.1 Å². The number of phenolic OH excluding ortho intramolecular Hbond substituents is 1. The van der Waals surface area contributed by atoms with E-state index in [-0.39, 0.29) is 11.4 Å². The summed E-state index contributed by atoms with van der Waals surface area (Å²) in [5.74, 6) is -0.0842. The van der Waals surface area contributed by atoms with Crippen LogP contribution in [0, 0.1) is 0 Å². The van der Waals surface area contributed by atoms with Crippen molar-refractivity contribution in [2.45, 2.75) is 12.8 Å². The van der Waals surface area contributed by atoms with Gasteiger partial charge in [-0.15, -0.1) is 0 Å². The first-order valence-corrected chi connectivity index (χ1v) is 9.53. The topological polar surface area (TPSA) is 120 Å². The van der Waals surface area contributed by atoms with Crippen molar-refractivity contribution in [1.29, 1.82) is 0 Å². The molecule has 1 unspecified atom stereocenters. The zero-order valence-corrected chi connectivity index (χ0v) is 16.0. The van der Waals surface area contributed by atoms with Crippen molar-refractivity contribution in [1.82, 2.24) is 15.0 Å². The highest BCUT2D eigenvalue weighted by molar-refractivity contribution is 5.97. The molecule has 3 heterocycles. The number of rotatable bonds is 3. The van der Waals surface area contributed by atoms with Crippen LogP contribution in [0.3, 0.4) is 0 Å². The first-order valence-electron chi connectivity index (χ1n) is 9.53. The molecule has 0 fully saturated rings. The minimum Gasteiger partial charge on any atom is -0.504 e. The van der Waals surface area contributed by atoms with Crippen molar-refractivity contribution in [2.24, 2.45) is 0 Å². The minimum atomic E-state index is -0.583. The average Bonchev–Trinajstić information content (AvgIpc) is 2.74. The van der Waals surface area contributed by atoms with Crippen LogP contribution >= 0.6 is 0 Å². The van der Waals surface area contributed by atoms with Crippen LogP contribution in [0.1, 0.15) is 29.7 Å². The maximum Gasteiger partial charge on any atom is 0.326 e. The molecule has 1 atom stereocenters. The third-order valence-electron chi connectivity index (χ3n) is 5.26. The zero-order chi connectivity index (χ0) is 20.8. The Balaban J connectivity index is 1.83. The van der Waals surface area contributed by atoms with Crippen LogP contribution in [0.15, 0.2) is 58.3 Å². The number of phenols is 1. The smallest absolute Gasteiger partial charge is 0.326 e. The molecular formula is C22H18N4O4. The van der Waals surface area contributed by atoms with E-state index in [1.807, 2.05) is 31.2 Å². The van der Waals surface area contributed by atoms with Crippen LogP contribution in [-0.2, 0) is 0 Å². The van der Waals surface area contributed by atoms with Crippen LogP contribution in [0.5, 0.6) is 11.5 Å². The second-order valence-corrected chi connectivity index (χ2v) is 7.01. The molecule has 8 nitrogen and oxygen atoms in total. The van der Waals surface area contributed by atoms with Gasteiger partial charge in [0.15, 0.2) is 11.5 Å². The van der Waals surface area contributed by atoms with Gasteiger partial charge in [0, 0.05) is 11.6 Å². The predicted octanol–water partition coefficient (Wildman–Crippen LogP) is 2.95. The fourth-order valence-electron chi connectivity index (χ4n) is 4.00. The van der Waals surface area contributed by atoms with Crippen molar-refractivity contribution < 1.29 is 9.84 Å². The maximum atomic E-state index is 12.6. The molecule has 0 aliphatic carbocycles. The van der Waals surface area contributed by atoms with E-state index in [9.17, 15) is 14.7 Å². The number of aromatic nitrogens is 3.